The second-order valence-electron chi connectivity index (χ2n) is 8.27. The first kappa shape index (κ1) is 28.0. The fraction of sp³-hybridized carbons (Fsp3) is 0.296. The number of halogens is 1. The monoisotopic (exact) mass is 542 g/mol. The maximum atomic E-state index is 9.55. The number of hydrogen-bond donors (Lipinski definition) is 2. The van der Waals surface area contributed by atoms with Crippen LogP contribution in [0.15, 0.2) is 77.4 Å². The number of hydroxylamine groups is 2. The second kappa shape index (κ2) is 14.2. The lowest BCUT2D eigenvalue weighted by molar-refractivity contribution is -0.134. The van der Waals surface area contributed by atoms with Gasteiger partial charge in [-0.2, -0.15) is 0 Å². The molecule has 0 aliphatic rings. The molecule has 0 aliphatic heterocycles. The summed E-state index contributed by atoms with van der Waals surface area (Å²) in [6.07, 6.45) is 5.22. The van der Waals surface area contributed by atoms with Gasteiger partial charge in [0, 0.05) is 47.9 Å². The quantitative estimate of drug-likeness (QED) is 0.234. The molecule has 7 nitrogen and oxygen atoms in total. The normalized spacial score (nSPS) is 12.7. The van der Waals surface area contributed by atoms with E-state index in [-0.39, 0.29) is 0 Å². The zero-order valence-corrected chi connectivity index (χ0v) is 21.7. The Labute approximate surface area is 214 Å². The number of aliphatic carboxylic acids is 2. The number of nitrogens with zero attached hydrogens (tertiary/aromatic N) is 2. The van der Waals surface area contributed by atoms with E-state index in [9.17, 15) is 9.59 Å². The van der Waals surface area contributed by atoms with Crippen LogP contribution >= 0.6 is 15.9 Å². The first-order chi connectivity index (χ1) is 16.7. The summed E-state index contributed by atoms with van der Waals surface area (Å²) < 4.78 is 1.13. The summed E-state index contributed by atoms with van der Waals surface area (Å²) in [6.45, 7) is 5.44. The Hall–Kier alpha value is -3.23. The molecule has 2 aromatic carbocycles. The van der Waals surface area contributed by atoms with E-state index >= 15 is 0 Å². The molecule has 2 N–H and O–H groups in total. The molecule has 1 aromatic heterocycles. The van der Waals surface area contributed by atoms with Crippen molar-refractivity contribution in [1.29, 1.82) is 0 Å². The Kier molecular flexibility index (Phi) is 11.4. The standard InChI is InChI=1S/C23H27BrN2O.C4H4O4/c1-4-18(19-7-10-21(24)11-8-19)14-17(2)16-26(3)27-22-12-9-20-6-5-13-25-23(20)15-22;5-3(6)1-2-4(7)8/h5-13,15,17-18H,4,14,16H2,1-3H3;1-2H,(H,5,6)(H,7,8). The number of carboxylic acids is 2. The molecule has 0 spiro atoms. The van der Waals surface area contributed by atoms with Crippen molar-refractivity contribution < 1.29 is 24.6 Å². The highest BCUT2D eigenvalue weighted by molar-refractivity contribution is 9.10. The Bertz CT molecular complexity index is 1120. The Morgan fingerprint density at radius 2 is 1.74 bits per heavy atom. The predicted molar refractivity (Wildman–Crippen MR) is 140 cm³/mol. The largest absolute Gasteiger partial charge is 0.478 e. The Morgan fingerprint density at radius 1 is 1.09 bits per heavy atom. The third-order valence-electron chi connectivity index (χ3n) is 5.30. The van der Waals surface area contributed by atoms with Crippen LogP contribution in [0, 0.1) is 5.92 Å². The van der Waals surface area contributed by atoms with Crippen molar-refractivity contribution in [1.82, 2.24) is 10.0 Å². The molecule has 0 saturated heterocycles. The van der Waals surface area contributed by atoms with E-state index in [0.29, 0.717) is 24.0 Å². The van der Waals surface area contributed by atoms with Gasteiger partial charge in [0.05, 0.1) is 5.52 Å². The minimum atomic E-state index is -1.26. The van der Waals surface area contributed by atoms with Crippen LogP contribution in [0.1, 0.15) is 38.2 Å². The third-order valence-corrected chi connectivity index (χ3v) is 5.83. The van der Waals surface area contributed by atoms with Crippen molar-refractivity contribution in [3.63, 3.8) is 0 Å². The number of pyridine rings is 1. The first-order valence-electron chi connectivity index (χ1n) is 11.3. The van der Waals surface area contributed by atoms with Crippen molar-refractivity contribution in [3.05, 3.63) is 83.0 Å². The number of carboxylic acid groups (broad SMARTS) is 2. The van der Waals surface area contributed by atoms with Crippen molar-refractivity contribution in [2.45, 2.75) is 32.6 Å². The SMILES string of the molecule is CCC(CC(C)CN(C)Oc1ccc2cccnc2c1)c1ccc(Br)cc1.O=C(O)C=CC(=O)O. The van der Waals surface area contributed by atoms with Gasteiger partial charge in [-0.05, 0) is 60.6 Å². The maximum absolute atomic E-state index is 9.55. The predicted octanol–water partition coefficient (Wildman–Crippen LogP) is 6.15. The lowest BCUT2D eigenvalue weighted by Crippen LogP contribution is -2.28. The second-order valence-corrected chi connectivity index (χ2v) is 9.18. The fourth-order valence-corrected chi connectivity index (χ4v) is 4.00. The lowest BCUT2D eigenvalue weighted by atomic mass is 9.87. The van der Waals surface area contributed by atoms with E-state index in [0.717, 1.165) is 40.5 Å². The van der Waals surface area contributed by atoms with Crippen LogP contribution in [0.3, 0.4) is 0 Å². The van der Waals surface area contributed by atoms with Crippen LogP contribution in [-0.4, -0.2) is 45.8 Å². The van der Waals surface area contributed by atoms with E-state index in [2.05, 4.69) is 71.2 Å². The van der Waals surface area contributed by atoms with Crippen LogP contribution in [0.4, 0.5) is 0 Å². The number of rotatable bonds is 10. The van der Waals surface area contributed by atoms with Crippen molar-refractivity contribution >= 4 is 38.8 Å². The lowest BCUT2D eigenvalue weighted by Gasteiger charge is -2.25. The molecule has 0 aliphatic carbocycles. The van der Waals surface area contributed by atoms with Gasteiger partial charge in [0.2, 0.25) is 0 Å². The van der Waals surface area contributed by atoms with Gasteiger partial charge in [-0.15, -0.1) is 5.06 Å². The molecule has 0 saturated carbocycles. The van der Waals surface area contributed by atoms with Gasteiger partial charge in [0.25, 0.3) is 0 Å². The molecule has 8 heteroatoms. The van der Waals surface area contributed by atoms with Crippen molar-refractivity contribution in [2.75, 3.05) is 13.6 Å². The fourth-order valence-electron chi connectivity index (χ4n) is 3.74. The molecular weight excluding hydrogens is 512 g/mol. The van der Waals surface area contributed by atoms with Gasteiger partial charge in [-0.1, -0.05) is 48.0 Å². The van der Waals surface area contributed by atoms with Gasteiger partial charge in [-0.25, -0.2) is 9.59 Å². The molecule has 3 rings (SSSR count). The summed E-state index contributed by atoms with van der Waals surface area (Å²) in [6, 6.07) is 18.8. The molecule has 0 amide bonds. The maximum Gasteiger partial charge on any atom is 0.328 e. The number of fused-ring (bicyclic) bond motifs is 1. The van der Waals surface area contributed by atoms with Crippen molar-refractivity contribution in [3.8, 4) is 5.75 Å². The summed E-state index contributed by atoms with van der Waals surface area (Å²) in [4.78, 5) is 29.5. The molecule has 0 bridgehead atoms. The topological polar surface area (TPSA) is 100.0 Å². The van der Waals surface area contributed by atoms with E-state index in [4.69, 9.17) is 15.1 Å². The molecule has 2 unspecified atom stereocenters. The minimum Gasteiger partial charge on any atom is -0.478 e. The van der Waals surface area contributed by atoms with E-state index in [1.54, 1.807) is 0 Å². The number of hydrogen-bond acceptors (Lipinski definition) is 5. The van der Waals surface area contributed by atoms with Gasteiger partial charge < -0.3 is 15.1 Å². The Morgan fingerprint density at radius 3 is 2.34 bits per heavy atom. The van der Waals surface area contributed by atoms with E-state index < -0.39 is 11.9 Å². The molecular formula is C27H31BrN2O5. The summed E-state index contributed by atoms with van der Waals surface area (Å²) in [7, 11) is 2.00. The highest BCUT2D eigenvalue weighted by Gasteiger charge is 2.16. The van der Waals surface area contributed by atoms with Gasteiger partial charge in [0.1, 0.15) is 5.75 Å². The van der Waals surface area contributed by atoms with E-state index in [1.165, 1.54) is 5.56 Å². The average Bonchev–Trinajstić information content (AvgIpc) is 2.82. The van der Waals surface area contributed by atoms with Crippen LogP contribution in [-0.2, 0) is 9.59 Å². The minimum absolute atomic E-state index is 0.530. The van der Waals surface area contributed by atoms with Gasteiger partial charge in [-0.3, -0.25) is 4.98 Å². The van der Waals surface area contributed by atoms with Crippen molar-refractivity contribution in [2.24, 2.45) is 5.92 Å². The van der Waals surface area contributed by atoms with Crippen LogP contribution in [0.5, 0.6) is 5.75 Å². The molecule has 0 radical (unpaired) electrons. The molecule has 2 atom stereocenters. The molecule has 35 heavy (non-hydrogen) atoms. The molecule has 1 heterocycles. The average molecular weight is 543 g/mol. The smallest absolute Gasteiger partial charge is 0.328 e. The van der Waals surface area contributed by atoms with Crippen LogP contribution < -0.4 is 4.84 Å². The number of aromatic nitrogens is 1. The van der Waals surface area contributed by atoms with E-state index in [1.807, 2.05) is 36.5 Å². The highest BCUT2D eigenvalue weighted by atomic mass is 79.9. The number of benzene rings is 2. The number of carbonyl (C=O) groups is 2. The molecule has 3 aromatic rings. The third kappa shape index (κ3) is 10.3. The zero-order chi connectivity index (χ0) is 25.8. The summed E-state index contributed by atoms with van der Waals surface area (Å²) in [5, 5.41) is 18.7. The molecule has 0 fully saturated rings. The zero-order valence-electron chi connectivity index (χ0n) is 20.1. The first-order valence-corrected chi connectivity index (χ1v) is 12.1. The summed E-state index contributed by atoms with van der Waals surface area (Å²) in [5.74, 6) is -0.579. The van der Waals surface area contributed by atoms with Gasteiger partial charge in [0.15, 0.2) is 0 Å². The van der Waals surface area contributed by atoms with Crippen LogP contribution in [0.25, 0.3) is 10.9 Å². The Balaban J connectivity index is 0.000000466. The highest BCUT2D eigenvalue weighted by Crippen LogP contribution is 2.28. The molecule has 186 valence electrons. The summed E-state index contributed by atoms with van der Waals surface area (Å²) >= 11 is 3.52. The van der Waals surface area contributed by atoms with Gasteiger partial charge >= 0.3 is 11.9 Å². The van der Waals surface area contributed by atoms with Crippen LogP contribution in [0.2, 0.25) is 0 Å². The summed E-state index contributed by atoms with van der Waals surface area (Å²) in [5.41, 5.74) is 2.37.